The molecule has 0 amide bonds. The highest BCUT2D eigenvalue weighted by Crippen LogP contribution is 2.42. The van der Waals surface area contributed by atoms with Crippen LogP contribution in [-0.2, 0) is 4.79 Å². The number of carbonyl (C=O) groups is 2. The number of benzene rings is 1. The average molecular weight is 269 g/mol. The SMILES string of the molecule is Cc1cc(C(=O)CC2CC2C(=O)O)cc2cccnc12. The third-order valence-corrected chi connectivity index (χ3v) is 3.90. The van der Waals surface area contributed by atoms with Gasteiger partial charge in [-0.05, 0) is 43.0 Å². The Bertz CT molecular complexity index is 708. The van der Waals surface area contributed by atoms with Gasteiger partial charge in [0.05, 0.1) is 11.4 Å². The minimum absolute atomic E-state index is 0.00454. The molecule has 1 saturated carbocycles. The number of Topliss-reactive ketones (excluding diaryl/α,β-unsaturated/α-hetero) is 1. The normalized spacial score (nSPS) is 20.9. The van der Waals surface area contributed by atoms with E-state index >= 15 is 0 Å². The van der Waals surface area contributed by atoms with E-state index in [1.165, 1.54) is 0 Å². The van der Waals surface area contributed by atoms with E-state index in [9.17, 15) is 9.59 Å². The van der Waals surface area contributed by atoms with Gasteiger partial charge in [-0.3, -0.25) is 14.6 Å². The number of rotatable bonds is 4. The van der Waals surface area contributed by atoms with Crippen LogP contribution in [0.4, 0.5) is 0 Å². The van der Waals surface area contributed by atoms with Crippen LogP contribution in [-0.4, -0.2) is 21.8 Å². The van der Waals surface area contributed by atoms with Crippen molar-refractivity contribution < 1.29 is 14.7 Å². The van der Waals surface area contributed by atoms with Crippen molar-refractivity contribution in [2.24, 2.45) is 11.8 Å². The zero-order valence-corrected chi connectivity index (χ0v) is 11.2. The summed E-state index contributed by atoms with van der Waals surface area (Å²) in [4.78, 5) is 27.3. The second kappa shape index (κ2) is 4.71. The van der Waals surface area contributed by atoms with Crippen LogP contribution in [0.2, 0.25) is 0 Å². The molecule has 0 radical (unpaired) electrons. The van der Waals surface area contributed by atoms with Crippen LogP contribution in [0.1, 0.15) is 28.8 Å². The van der Waals surface area contributed by atoms with E-state index in [2.05, 4.69) is 4.98 Å². The fourth-order valence-electron chi connectivity index (χ4n) is 2.67. The first kappa shape index (κ1) is 12.8. The fraction of sp³-hybridized carbons (Fsp3) is 0.312. The number of hydrogen-bond donors (Lipinski definition) is 1. The smallest absolute Gasteiger partial charge is 0.306 e. The third kappa shape index (κ3) is 2.29. The molecule has 3 rings (SSSR count). The molecule has 0 spiro atoms. The maximum absolute atomic E-state index is 12.2. The zero-order chi connectivity index (χ0) is 14.3. The summed E-state index contributed by atoms with van der Waals surface area (Å²) in [5.74, 6) is -1.10. The molecule has 1 fully saturated rings. The summed E-state index contributed by atoms with van der Waals surface area (Å²) in [7, 11) is 0. The van der Waals surface area contributed by atoms with Gasteiger partial charge in [0.15, 0.2) is 5.78 Å². The highest BCUT2D eigenvalue weighted by Gasteiger charge is 2.44. The molecular formula is C16H15NO3. The fourth-order valence-corrected chi connectivity index (χ4v) is 2.67. The Labute approximate surface area is 116 Å². The molecule has 102 valence electrons. The number of pyridine rings is 1. The Kier molecular flexibility index (Phi) is 3.01. The van der Waals surface area contributed by atoms with E-state index in [-0.39, 0.29) is 17.6 Å². The summed E-state index contributed by atoms with van der Waals surface area (Å²) in [6.45, 7) is 1.93. The van der Waals surface area contributed by atoms with Crippen molar-refractivity contribution in [3.05, 3.63) is 41.6 Å². The summed E-state index contributed by atoms with van der Waals surface area (Å²) in [5, 5.41) is 9.82. The number of aromatic nitrogens is 1. The van der Waals surface area contributed by atoms with Gasteiger partial charge in [-0.1, -0.05) is 6.07 Å². The summed E-state index contributed by atoms with van der Waals surface area (Å²) < 4.78 is 0. The maximum atomic E-state index is 12.2. The predicted molar refractivity (Wildman–Crippen MR) is 74.7 cm³/mol. The van der Waals surface area contributed by atoms with Crippen LogP contribution in [0.3, 0.4) is 0 Å². The Balaban J connectivity index is 1.83. The molecule has 1 aliphatic carbocycles. The first-order valence-electron chi connectivity index (χ1n) is 6.67. The maximum Gasteiger partial charge on any atom is 0.306 e. The first-order chi connectivity index (χ1) is 9.56. The average Bonchev–Trinajstić information content (AvgIpc) is 3.18. The molecule has 0 bridgehead atoms. The van der Waals surface area contributed by atoms with Crippen molar-refractivity contribution in [2.75, 3.05) is 0 Å². The van der Waals surface area contributed by atoms with E-state index in [4.69, 9.17) is 5.11 Å². The summed E-state index contributed by atoms with van der Waals surface area (Å²) in [6.07, 6.45) is 2.68. The van der Waals surface area contributed by atoms with Crippen LogP contribution in [0.5, 0.6) is 0 Å². The molecule has 0 saturated heterocycles. The number of fused-ring (bicyclic) bond motifs is 1. The molecule has 2 unspecified atom stereocenters. The van der Waals surface area contributed by atoms with Gasteiger partial charge in [0.2, 0.25) is 0 Å². The molecule has 1 aliphatic rings. The van der Waals surface area contributed by atoms with E-state index in [0.717, 1.165) is 16.5 Å². The van der Waals surface area contributed by atoms with Crippen molar-refractivity contribution >= 4 is 22.7 Å². The number of carboxylic acids is 1. The number of nitrogens with zero attached hydrogens (tertiary/aromatic N) is 1. The summed E-state index contributed by atoms with van der Waals surface area (Å²) in [6, 6.07) is 7.46. The molecule has 1 aromatic carbocycles. The van der Waals surface area contributed by atoms with Crippen LogP contribution in [0, 0.1) is 18.8 Å². The molecule has 2 atom stereocenters. The molecule has 20 heavy (non-hydrogen) atoms. The Morgan fingerprint density at radius 3 is 2.90 bits per heavy atom. The number of hydrogen-bond acceptors (Lipinski definition) is 3. The van der Waals surface area contributed by atoms with E-state index in [1.807, 2.05) is 31.2 Å². The van der Waals surface area contributed by atoms with Gasteiger partial charge in [-0.15, -0.1) is 0 Å². The molecule has 0 aliphatic heterocycles. The quantitative estimate of drug-likeness (QED) is 0.867. The van der Waals surface area contributed by atoms with Crippen molar-refractivity contribution in [3.63, 3.8) is 0 Å². The monoisotopic (exact) mass is 269 g/mol. The molecular weight excluding hydrogens is 254 g/mol. The molecule has 4 heteroatoms. The number of carboxylic acid groups (broad SMARTS) is 1. The lowest BCUT2D eigenvalue weighted by Gasteiger charge is -2.05. The van der Waals surface area contributed by atoms with Crippen LogP contribution >= 0.6 is 0 Å². The predicted octanol–water partition coefficient (Wildman–Crippen LogP) is 2.84. The topological polar surface area (TPSA) is 67.3 Å². The largest absolute Gasteiger partial charge is 0.481 e. The van der Waals surface area contributed by atoms with Crippen molar-refractivity contribution in [1.82, 2.24) is 4.98 Å². The van der Waals surface area contributed by atoms with Crippen molar-refractivity contribution in [1.29, 1.82) is 0 Å². The molecule has 1 N–H and O–H groups in total. The third-order valence-electron chi connectivity index (χ3n) is 3.90. The second-order valence-electron chi connectivity index (χ2n) is 5.44. The van der Waals surface area contributed by atoms with Gasteiger partial charge in [-0.2, -0.15) is 0 Å². The van der Waals surface area contributed by atoms with Crippen molar-refractivity contribution in [3.8, 4) is 0 Å². The van der Waals surface area contributed by atoms with Gasteiger partial charge >= 0.3 is 5.97 Å². The first-order valence-corrected chi connectivity index (χ1v) is 6.67. The van der Waals surface area contributed by atoms with E-state index in [0.29, 0.717) is 18.4 Å². The lowest BCUT2D eigenvalue weighted by atomic mass is 10.00. The highest BCUT2D eigenvalue weighted by molar-refractivity contribution is 6.00. The summed E-state index contributed by atoms with van der Waals surface area (Å²) in [5.41, 5.74) is 2.52. The number of ketones is 1. The minimum atomic E-state index is -0.790. The Morgan fingerprint density at radius 1 is 1.40 bits per heavy atom. The van der Waals surface area contributed by atoms with Gasteiger partial charge in [0.1, 0.15) is 0 Å². The van der Waals surface area contributed by atoms with Gasteiger partial charge < -0.3 is 5.11 Å². The second-order valence-corrected chi connectivity index (χ2v) is 5.44. The highest BCUT2D eigenvalue weighted by atomic mass is 16.4. The number of aryl methyl sites for hydroxylation is 1. The lowest BCUT2D eigenvalue weighted by molar-refractivity contribution is -0.138. The standard InChI is InChI=1S/C16H15NO3/c1-9-5-12(6-10-3-2-4-17-15(9)10)14(18)8-11-7-13(11)16(19)20/h2-6,11,13H,7-8H2,1H3,(H,19,20). The van der Waals surface area contributed by atoms with E-state index < -0.39 is 5.97 Å². The molecule has 1 aromatic heterocycles. The zero-order valence-electron chi connectivity index (χ0n) is 11.2. The van der Waals surface area contributed by atoms with Gasteiger partial charge in [-0.25, -0.2) is 0 Å². The molecule has 2 aromatic rings. The number of aliphatic carboxylic acids is 1. The summed E-state index contributed by atoms with van der Waals surface area (Å²) >= 11 is 0. The van der Waals surface area contributed by atoms with Crippen molar-refractivity contribution in [2.45, 2.75) is 19.8 Å². The molecule has 1 heterocycles. The van der Waals surface area contributed by atoms with Gasteiger partial charge in [0, 0.05) is 23.6 Å². The van der Waals surface area contributed by atoms with Crippen LogP contribution in [0.25, 0.3) is 10.9 Å². The van der Waals surface area contributed by atoms with Crippen LogP contribution < -0.4 is 0 Å². The number of carbonyl (C=O) groups excluding carboxylic acids is 1. The van der Waals surface area contributed by atoms with Crippen LogP contribution in [0.15, 0.2) is 30.5 Å². The Morgan fingerprint density at radius 2 is 2.20 bits per heavy atom. The lowest BCUT2D eigenvalue weighted by Crippen LogP contribution is -2.05. The minimum Gasteiger partial charge on any atom is -0.481 e. The molecule has 4 nitrogen and oxygen atoms in total. The van der Waals surface area contributed by atoms with E-state index in [1.54, 1.807) is 6.20 Å². The van der Waals surface area contributed by atoms with Gasteiger partial charge in [0.25, 0.3) is 0 Å². The Hall–Kier alpha value is -2.23.